The molecular formula is C16H21NO2. The Morgan fingerprint density at radius 3 is 2.79 bits per heavy atom. The minimum absolute atomic E-state index is 0.669. The molecule has 0 fully saturated rings. The number of hydrogen-bond donors (Lipinski definition) is 1. The fraction of sp³-hybridized carbons (Fsp3) is 0.375. The van der Waals surface area contributed by atoms with E-state index in [1.807, 2.05) is 36.4 Å². The van der Waals surface area contributed by atoms with E-state index in [-0.39, 0.29) is 0 Å². The zero-order valence-corrected chi connectivity index (χ0v) is 11.4. The second-order valence-corrected chi connectivity index (χ2v) is 4.48. The first kappa shape index (κ1) is 13.5. The molecule has 2 aromatic rings. The Hall–Kier alpha value is -1.90. The summed E-state index contributed by atoms with van der Waals surface area (Å²) < 4.78 is 11.1. The van der Waals surface area contributed by atoms with Gasteiger partial charge in [-0.05, 0) is 30.7 Å². The molecule has 0 saturated carbocycles. The zero-order chi connectivity index (χ0) is 13.3. The maximum Gasteiger partial charge on any atom is 0.142 e. The third kappa shape index (κ3) is 4.36. The average molecular weight is 259 g/mol. The predicted octanol–water partition coefficient (Wildman–Crippen LogP) is 4.46. The average Bonchev–Trinajstić information content (AvgIpc) is 2.96. The lowest BCUT2D eigenvalue weighted by Gasteiger charge is -2.12. The molecule has 2 rings (SSSR count). The van der Waals surface area contributed by atoms with Crippen molar-refractivity contribution >= 4 is 5.69 Å². The van der Waals surface area contributed by atoms with Crippen LogP contribution in [0.15, 0.2) is 47.1 Å². The Morgan fingerprint density at radius 1 is 1.11 bits per heavy atom. The van der Waals surface area contributed by atoms with Crippen LogP contribution >= 0.6 is 0 Å². The number of benzene rings is 1. The van der Waals surface area contributed by atoms with Gasteiger partial charge in [0.15, 0.2) is 0 Å². The molecule has 0 aliphatic heterocycles. The van der Waals surface area contributed by atoms with Crippen LogP contribution in [0.2, 0.25) is 0 Å². The van der Waals surface area contributed by atoms with Gasteiger partial charge in [-0.2, -0.15) is 0 Å². The Bertz CT molecular complexity index is 465. The van der Waals surface area contributed by atoms with Crippen molar-refractivity contribution in [1.29, 1.82) is 0 Å². The molecule has 0 bridgehead atoms. The van der Waals surface area contributed by atoms with Crippen molar-refractivity contribution in [3.8, 4) is 5.75 Å². The van der Waals surface area contributed by atoms with Crippen LogP contribution in [0.4, 0.5) is 5.69 Å². The van der Waals surface area contributed by atoms with Crippen LogP contribution in [0.1, 0.15) is 31.9 Å². The van der Waals surface area contributed by atoms with E-state index in [9.17, 15) is 0 Å². The van der Waals surface area contributed by atoms with Gasteiger partial charge in [0, 0.05) is 0 Å². The molecule has 0 aliphatic rings. The van der Waals surface area contributed by atoms with Gasteiger partial charge < -0.3 is 14.5 Å². The summed E-state index contributed by atoms with van der Waals surface area (Å²) in [6.45, 7) is 3.63. The number of hydrogen-bond acceptors (Lipinski definition) is 3. The first-order valence-corrected chi connectivity index (χ1v) is 6.88. The Kier molecular flexibility index (Phi) is 5.35. The third-order valence-electron chi connectivity index (χ3n) is 2.93. The number of rotatable bonds is 8. The van der Waals surface area contributed by atoms with Crippen LogP contribution in [-0.4, -0.2) is 6.61 Å². The molecule has 1 N–H and O–H groups in total. The molecule has 0 unspecified atom stereocenters. The molecule has 102 valence electrons. The summed E-state index contributed by atoms with van der Waals surface area (Å²) in [5, 5.41) is 3.34. The highest BCUT2D eigenvalue weighted by Crippen LogP contribution is 2.24. The van der Waals surface area contributed by atoms with Crippen LogP contribution in [0.3, 0.4) is 0 Å². The van der Waals surface area contributed by atoms with E-state index in [0.717, 1.165) is 30.2 Å². The third-order valence-corrected chi connectivity index (χ3v) is 2.93. The normalized spacial score (nSPS) is 10.4. The van der Waals surface area contributed by atoms with E-state index in [0.29, 0.717) is 6.54 Å². The van der Waals surface area contributed by atoms with Gasteiger partial charge in [0.25, 0.3) is 0 Å². The minimum atomic E-state index is 0.669. The molecule has 1 heterocycles. The first-order chi connectivity index (χ1) is 9.40. The lowest BCUT2D eigenvalue weighted by Crippen LogP contribution is -2.03. The van der Waals surface area contributed by atoms with E-state index < -0.39 is 0 Å². The SMILES string of the molecule is CCCCCOc1ccccc1NCc1ccco1. The number of ether oxygens (including phenoxy) is 1. The summed E-state index contributed by atoms with van der Waals surface area (Å²) in [5.74, 6) is 1.82. The van der Waals surface area contributed by atoms with Gasteiger partial charge in [0.1, 0.15) is 11.5 Å². The fourth-order valence-electron chi connectivity index (χ4n) is 1.87. The largest absolute Gasteiger partial charge is 0.491 e. The van der Waals surface area contributed by atoms with Gasteiger partial charge in [0.05, 0.1) is 25.1 Å². The lowest BCUT2D eigenvalue weighted by atomic mass is 10.2. The monoisotopic (exact) mass is 259 g/mol. The molecule has 0 aliphatic carbocycles. The van der Waals surface area contributed by atoms with Crippen molar-refractivity contribution in [3.63, 3.8) is 0 Å². The van der Waals surface area contributed by atoms with E-state index in [2.05, 4.69) is 12.2 Å². The lowest BCUT2D eigenvalue weighted by molar-refractivity contribution is 0.307. The Balaban J connectivity index is 1.88. The molecule has 0 spiro atoms. The second kappa shape index (κ2) is 7.52. The number of furan rings is 1. The van der Waals surface area contributed by atoms with Gasteiger partial charge in [-0.3, -0.25) is 0 Å². The highest BCUT2D eigenvalue weighted by atomic mass is 16.5. The maximum atomic E-state index is 5.82. The van der Waals surface area contributed by atoms with E-state index >= 15 is 0 Å². The summed E-state index contributed by atoms with van der Waals surface area (Å²) in [7, 11) is 0. The molecule has 19 heavy (non-hydrogen) atoms. The molecule has 3 nitrogen and oxygen atoms in total. The summed E-state index contributed by atoms with van der Waals surface area (Å²) in [4.78, 5) is 0. The van der Waals surface area contributed by atoms with Crippen LogP contribution in [0, 0.1) is 0 Å². The first-order valence-electron chi connectivity index (χ1n) is 6.88. The number of para-hydroxylation sites is 2. The van der Waals surface area contributed by atoms with Gasteiger partial charge in [-0.15, -0.1) is 0 Å². The molecule has 0 atom stereocenters. The highest BCUT2D eigenvalue weighted by molar-refractivity contribution is 5.56. The fourth-order valence-corrected chi connectivity index (χ4v) is 1.87. The summed E-state index contributed by atoms with van der Waals surface area (Å²) in [6, 6.07) is 11.9. The van der Waals surface area contributed by atoms with Crippen molar-refractivity contribution in [1.82, 2.24) is 0 Å². The zero-order valence-electron chi connectivity index (χ0n) is 11.4. The predicted molar refractivity (Wildman–Crippen MR) is 77.5 cm³/mol. The van der Waals surface area contributed by atoms with Gasteiger partial charge in [-0.1, -0.05) is 31.9 Å². The van der Waals surface area contributed by atoms with Crippen molar-refractivity contribution in [2.45, 2.75) is 32.7 Å². The standard InChI is InChI=1S/C16H21NO2/c1-2-3-6-11-19-16-10-5-4-9-15(16)17-13-14-8-7-12-18-14/h4-5,7-10,12,17H,2-3,6,11,13H2,1H3. The molecule has 0 amide bonds. The van der Waals surface area contributed by atoms with Crippen molar-refractivity contribution in [2.24, 2.45) is 0 Å². The topological polar surface area (TPSA) is 34.4 Å². The number of unbranched alkanes of at least 4 members (excludes halogenated alkanes) is 2. The Morgan fingerprint density at radius 2 is 2.00 bits per heavy atom. The van der Waals surface area contributed by atoms with Crippen LogP contribution in [0.5, 0.6) is 5.75 Å². The van der Waals surface area contributed by atoms with E-state index in [1.165, 1.54) is 12.8 Å². The van der Waals surface area contributed by atoms with Gasteiger partial charge in [-0.25, -0.2) is 0 Å². The van der Waals surface area contributed by atoms with Crippen molar-refractivity contribution in [3.05, 3.63) is 48.4 Å². The molecule has 0 saturated heterocycles. The van der Waals surface area contributed by atoms with Crippen molar-refractivity contribution < 1.29 is 9.15 Å². The number of nitrogens with one attached hydrogen (secondary N) is 1. The van der Waals surface area contributed by atoms with Gasteiger partial charge in [0.2, 0.25) is 0 Å². The minimum Gasteiger partial charge on any atom is -0.491 e. The molecule has 1 aromatic heterocycles. The van der Waals surface area contributed by atoms with E-state index in [4.69, 9.17) is 9.15 Å². The molecule has 3 heteroatoms. The summed E-state index contributed by atoms with van der Waals surface area (Å²) in [5.41, 5.74) is 1.01. The van der Waals surface area contributed by atoms with E-state index in [1.54, 1.807) is 6.26 Å². The van der Waals surface area contributed by atoms with Crippen LogP contribution in [0.25, 0.3) is 0 Å². The quantitative estimate of drug-likeness (QED) is 0.711. The summed E-state index contributed by atoms with van der Waals surface area (Å²) >= 11 is 0. The smallest absolute Gasteiger partial charge is 0.142 e. The van der Waals surface area contributed by atoms with Crippen LogP contribution in [-0.2, 0) is 6.54 Å². The second-order valence-electron chi connectivity index (χ2n) is 4.48. The molecule has 1 aromatic carbocycles. The van der Waals surface area contributed by atoms with Gasteiger partial charge >= 0.3 is 0 Å². The van der Waals surface area contributed by atoms with Crippen LogP contribution < -0.4 is 10.1 Å². The Labute approximate surface area is 114 Å². The maximum absolute atomic E-state index is 5.82. The molecule has 0 radical (unpaired) electrons. The summed E-state index contributed by atoms with van der Waals surface area (Å²) in [6.07, 6.45) is 5.21. The van der Waals surface area contributed by atoms with Crippen molar-refractivity contribution in [2.75, 3.05) is 11.9 Å². The molecular weight excluding hydrogens is 238 g/mol. The highest BCUT2D eigenvalue weighted by Gasteiger charge is 2.03. The number of anilines is 1.